The largest absolute Gasteiger partial charge is 0.379 e. The summed E-state index contributed by atoms with van der Waals surface area (Å²) in [5, 5.41) is 0. The van der Waals surface area contributed by atoms with Gasteiger partial charge in [-0.3, -0.25) is 4.79 Å². The van der Waals surface area contributed by atoms with E-state index in [1.165, 1.54) is 12.8 Å². The summed E-state index contributed by atoms with van der Waals surface area (Å²) in [6.07, 6.45) is 4.30. The summed E-state index contributed by atoms with van der Waals surface area (Å²) in [5.41, 5.74) is 5.76. The lowest BCUT2D eigenvalue weighted by Crippen LogP contribution is -2.42. The van der Waals surface area contributed by atoms with Crippen LogP contribution in [0.5, 0.6) is 0 Å². The van der Waals surface area contributed by atoms with Gasteiger partial charge in [0.05, 0.1) is 12.6 Å². The van der Waals surface area contributed by atoms with E-state index in [4.69, 9.17) is 10.5 Å². The zero-order chi connectivity index (χ0) is 12.0. The fourth-order valence-corrected chi connectivity index (χ4v) is 1.56. The quantitative estimate of drug-likeness (QED) is 0.631. The van der Waals surface area contributed by atoms with Gasteiger partial charge in [-0.25, -0.2) is 0 Å². The number of rotatable bonds is 8. The van der Waals surface area contributed by atoms with Gasteiger partial charge < -0.3 is 15.4 Å². The summed E-state index contributed by atoms with van der Waals surface area (Å²) in [6.45, 7) is 4.15. The fraction of sp³-hybridized carbons (Fsp3) is 0.917. The Bertz CT molecular complexity index is 217. The molecule has 1 aliphatic carbocycles. The number of hydrogen-bond acceptors (Lipinski definition) is 3. The number of amides is 1. The van der Waals surface area contributed by atoms with Crippen LogP contribution >= 0.6 is 0 Å². The van der Waals surface area contributed by atoms with E-state index in [1.54, 1.807) is 11.9 Å². The second-order valence-corrected chi connectivity index (χ2v) is 4.67. The summed E-state index contributed by atoms with van der Waals surface area (Å²) >= 11 is 0. The van der Waals surface area contributed by atoms with Gasteiger partial charge in [0.15, 0.2) is 0 Å². The highest BCUT2D eigenvalue weighted by Gasteiger charge is 2.21. The number of nitrogens with two attached hydrogens (primary N) is 1. The molecule has 4 nitrogen and oxygen atoms in total. The maximum atomic E-state index is 11.7. The van der Waals surface area contributed by atoms with E-state index in [0.29, 0.717) is 13.2 Å². The minimum absolute atomic E-state index is 0.0249. The van der Waals surface area contributed by atoms with Gasteiger partial charge in [0, 0.05) is 20.2 Å². The lowest BCUT2D eigenvalue weighted by Gasteiger charge is -2.20. The number of ether oxygens (including phenoxy) is 1. The van der Waals surface area contributed by atoms with Gasteiger partial charge in [0.2, 0.25) is 5.91 Å². The van der Waals surface area contributed by atoms with Crippen LogP contribution in [-0.2, 0) is 9.53 Å². The Hall–Kier alpha value is -0.610. The van der Waals surface area contributed by atoms with Crippen LogP contribution in [0.25, 0.3) is 0 Å². The molecule has 1 saturated carbocycles. The number of carbonyl (C=O) groups is 1. The van der Waals surface area contributed by atoms with Gasteiger partial charge in [-0.05, 0) is 25.2 Å². The SMILES string of the molecule is CCCC(N)C(=O)N(C)CCOCC1CC1. The molecule has 0 spiro atoms. The van der Waals surface area contributed by atoms with Crippen molar-refractivity contribution in [3.05, 3.63) is 0 Å². The molecule has 94 valence electrons. The van der Waals surface area contributed by atoms with Crippen LogP contribution in [-0.4, -0.2) is 43.7 Å². The van der Waals surface area contributed by atoms with E-state index < -0.39 is 0 Å². The van der Waals surface area contributed by atoms with Crippen molar-refractivity contribution < 1.29 is 9.53 Å². The predicted octanol–water partition coefficient (Wildman–Crippen LogP) is 0.999. The molecular weight excluding hydrogens is 204 g/mol. The van der Waals surface area contributed by atoms with Gasteiger partial charge in [0.25, 0.3) is 0 Å². The number of nitrogens with zero attached hydrogens (tertiary/aromatic N) is 1. The molecule has 0 aromatic heterocycles. The monoisotopic (exact) mass is 228 g/mol. The zero-order valence-corrected chi connectivity index (χ0v) is 10.4. The highest BCUT2D eigenvalue weighted by Crippen LogP contribution is 2.28. The highest BCUT2D eigenvalue weighted by molar-refractivity contribution is 5.81. The molecule has 0 aromatic rings. The van der Waals surface area contributed by atoms with Gasteiger partial charge in [-0.1, -0.05) is 13.3 Å². The molecule has 1 rings (SSSR count). The lowest BCUT2D eigenvalue weighted by atomic mass is 10.1. The molecule has 0 aromatic carbocycles. The Morgan fingerprint density at radius 1 is 1.56 bits per heavy atom. The normalized spacial score (nSPS) is 17.2. The van der Waals surface area contributed by atoms with Crippen molar-refractivity contribution >= 4 is 5.91 Å². The lowest BCUT2D eigenvalue weighted by molar-refractivity contribution is -0.132. The minimum atomic E-state index is -0.349. The van der Waals surface area contributed by atoms with Gasteiger partial charge in [-0.15, -0.1) is 0 Å². The topological polar surface area (TPSA) is 55.6 Å². The van der Waals surface area contributed by atoms with Crippen LogP contribution in [0.1, 0.15) is 32.6 Å². The summed E-state index contributed by atoms with van der Waals surface area (Å²) < 4.78 is 5.48. The first kappa shape index (κ1) is 13.5. The molecule has 16 heavy (non-hydrogen) atoms. The molecule has 0 heterocycles. The first-order valence-corrected chi connectivity index (χ1v) is 6.23. The Balaban J connectivity index is 2.06. The molecule has 2 N–H and O–H groups in total. The van der Waals surface area contributed by atoms with Crippen molar-refractivity contribution in [1.82, 2.24) is 4.90 Å². The van der Waals surface area contributed by atoms with Crippen molar-refractivity contribution in [2.45, 2.75) is 38.6 Å². The second kappa shape index (κ2) is 6.86. The Morgan fingerprint density at radius 3 is 2.81 bits per heavy atom. The van der Waals surface area contributed by atoms with E-state index in [1.807, 2.05) is 6.92 Å². The average Bonchev–Trinajstić information content (AvgIpc) is 3.07. The maximum Gasteiger partial charge on any atom is 0.239 e. The summed E-state index contributed by atoms with van der Waals surface area (Å²) in [6, 6.07) is -0.349. The van der Waals surface area contributed by atoms with E-state index in [0.717, 1.165) is 25.4 Å². The molecule has 1 fully saturated rings. The number of carbonyl (C=O) groups excluding carboxylic acids is 1. The summed E-state index contributed by atoms with van der Waals surface area (Å²) in [4.78, 5) is 13.4. The number of likely N-dealkylation sites (N-methyl/N-ethyl adjacent to an activating group) is 1. The molecule has 0 bridgehead atoms. The zero-order valence-electron chi connectivity index (χ0n) is 10.4. The van der Waals surface area contributed by atoms with E-state index in [-0.39, 0.29) is 11.9 Å². The summed E-state index contributed by atoms with van der Waals surface area (Å²) in [7, 11) is 1.79. The van der Waals surface area contributed by atoms with Crippen LogP contribution in [0.2, 0.25) is 0 Å². The standard InChI is InChI=1S/C12H24N2O2/c1-3-4-11(13)12(15)14(2)7-8-16-9-10-5-6-10/h10-11H,3-9,13H2,1-2H3. The second-order valence-electron chi connectivity index (χ2n) is 4.67. The molecule has 1 amide bonds. The molecule has 0 aliphatic heterocycles. The van der Waals surface area contributed by atoms with Crippen LogP contribution in [0.4, 0.5) is 0 Å². The van der Waals surface area contributed by atoms with E-state index in [9.17, 15) is 4.79 Å². The Morgan fingerprint density at radius 2 is 2.25 bits per heavy atom. The third-order valence-electron chi connectivity index (χ3n) is 2.91. The first-order valence-electron chi connectivity index (χ1n) is 6.23. The first-order chi connectivity index (χ1) is 7.65. The molecule has 0 radical (unpaired) electrons. The van der Waals surface area contributed by atoms with Gasteiger partial charge in [-0.2, -0.15) is 0 Å². The minimum Gasteiger partial charge on any atom is -0.379 e. The van der Waals surface area contributed by atoms with Crippen LogP contribution in [0.3, 0.4) is 0 Å². The summed E-state index contributed by atoms with van der Waals surface area (Å²) in [5.74, 6) is 0.806. The van der Waals surface area contributed by atoms with Gasteiger partial charge >= 0.3 is 0 Å². The van der Waals surface area contributed by atoms with Crippen LogP contribution in [0.15, 0.2) is 0 Å². The predicted molar refractivity (Wildman–Crippen MR) is 64.1 cm³/mol. The van der Waals surface area contributed by atoms with Crippen LogP contribution < -0.4 is 5.73 Å². The van der Waals surface area contributed by atoms with E-state index in [2.05, 4.69) is 0 Å². The van der Waals surface area contributed by atoms with Crippen molar-refractivity contribution in [1.29, 1.82) is 0 Å². The molecule has 1 aliphatic rings. The Labute approximate surface area is 98.1 Å². The highest BCUT2D eigenvalue weighted by atomic mass is 16.5. The van der Waals surface area contributed by atoms with Crippen molar-refractivity contribution in [3.63, 3.8) is 0 Å². The van der Waals surface area contributed by atoms with Crippen molar-refractivity contribution in [3.8, 4) is 0 Å². The maximum absolute atomic E-state index is 11.7. The van der Waals surface area contributed by atoms with Crippen molar-refractivity contribution in [2.24, 2.45) is 11.7 Å². The molecular formula is C12H24N2O2. The smallest absolute Gasteiger partial charge is 0.239 e. The molecule has 4 heteroatoms. The van der Waals surface area contributed by atoms with Crippen LogP contribution in [0, 0.1) is 5.92 Å². The fourth-order valence-electron chi connectivity index (χ4n) is 1.56. The third-order valence-corrected chi connectivity index (χ3v) is 2.91. The molecule has 1 unspecified atom stereocenters. The van der Waals surface area contributed by atoms with E-state index >= 15 is 0 Å². The molecule has 0 saturated heterocycles. The number of hydrogen-bond donors (Lipinski definition) is 1. The van der Waals surface area contributed by atoms with Crippen molar-refractivity contribution in [2.75, 3.05) is 26.8 Å². The molecule has 1 atom stereocenters. The Kier molecular flexibility index (Phi) is 5.77. The third kappa shape index (κ3) is 4.94. The average molecular weight is 228 g/mol. The van der Waals surface area contributed by atoms with Gasteiger partial charge in [0.1, 0.15) is 0 Å².